The summed E-state index contributed by atoms with van der Waals surface area (Å²) in [6.07, 6.45) is 0.300. The van der Waals surface area contributed by atoms with E-state index in [4.69, 9.17) is 11.1 Å². The van der Waals surface area contributed by atoms with E-state index in [0.717, 1.165) is 0 Å². The number of azide groups is 2. The molecule has 0 spiro atoms. The van der Waals surface area contributed by atoms with E-state index in [0.29, 0.717) is 17.7 Å². The van der Waals surface area contributed by atoms with Gasteiger partial charge in [-0.15, -0.1) is 0 Å². The maximum Gasteiger partial charge on any atom is 0.249 e. The zero-order chi connectivity index (χ0) is 14.3. The molecule has 0 aliphatic carbocycles. The van der Waals surface area contributed by atoms with Crippen molar-refractivity contribution in [3.63, 3.8) is 0 Å². The van der Waals surface area contributed by atoms with Crippen molar-refractivity contribution in [2.45, 2.75) is 6.42 Å². The second-order valence-corrected chi connectivity index (χ2v) is 3.74. The van der Waals surface area contributed by atoms with Gasteiger partial charge in [-0.3, -0.25) is 9.59 Å². The topological polar surface area (TPSA) is 132 Å². The first-order valence-corrected chi connectivity index (χ1v) is 5.70. The fraction of sp³-hybridized carbons (Fsp3) is 0.200. The minimum absolute atomic E-state index is 0.103. The quantitative estimate of drug-likeness (QED) is 0.392. The molecule has 0 atom stereocenters. The molecule has 0 saturated heterocycles. The van der Waals surface area contributed by atoms with Crippen LogP contribution in [0.5, 0.6) is 0 Å². The first kappa shape index (κ1) is 14.6. The molecule has 0 saturated carbocycles. The fourth-order valence-electron chi connectivity index (χ4n) is 1.56. The normalized spacial score (nSPS) is 9.11. The van der Waals surface area contributed by atoms with Crippen LogP contribution in [0.1, 0.15) is 26.3 Å². The van der Waals surface area contributed by atoms with Gasteiger partial charge in [-0.2, -0.15) is 12.6 Å². The van der Waals surface area contributed by atoms with Crippen LogP contribution in [-0.4, -0.2) is 17.6 Å². The predicted molar refractivity (Wildman–Crippen MR) is 71.0 cm³/mol. The highest BCUT2D eigenvalue weighted by molar-refractivity contribution is 7.80. The maximum atomic E-state index is 11.6. The van der Waals surface area contributed by atoms with Crippen molar-refractivity contribution in [2.24, 2.45) is 10.2 Å². The molecule has 0 fully saturated rings. The van der Waals surface area contributed by atoms with Gasteiger partial charge in [-0.25, -0.2) is 0 Å². The van der Waals surface area contributed by atoms with E-state index in [1.165, 1.54) is 18.2 Å². The molecule has 1 rings (SSSR count). The van der Waals surface area contributed by atoms with Crippen LogP contribution in [0.4, 0.5) is 0 Å². The Morgan fingerprint density at radius 3 is 1.95 bits per heavy atom. The van der Waals surface area contributed by atoms with Crippen molar-refractivity contribution >= 4 is 24.4 Å². The van der Waals surface area contributed by atoms with Crippen molar-refractivity contribution in [2.75, 3.05) is 5.75 Å². The van der Waals surface area contributed by atoms with Crippen molar-refractivity contribution < 1.29 is 9.59 Å². The van der Waals surface area contributed by atoms with Gasteiger partial charge in [0.15, 0.2) is 0 Å². The smallest absolute Gasteiger partial charge is 0.249 e. The molecule has 0 aliphatic heterocycles. The van der Waals surface area contributed by atoms with E-state index in [1.807, 2.05) is 0 Å². The van der Waals surface area contributed by atoms with E-state index < -0.39 is 11.8 Å². The lowest BCUT2D eigenvalue weighted by Gasteiger charge is -2.09. The van der Waals surface area contributed by atoms with Crippen molar-refractivity contribution in [3.05, 3.63) is 55.8 Å². The second kappa shape index (κ2) is 7.07. The summed E-state index contributed by atoms with van der Waals surface area (Å²) in [4.78, 5) is 28.1. The molecule has 0 bridgehead atoms. The lowest BCUT2D eigenvalue weighted by atomic mass is 9.98. The van der Waals surface area contributed by atoms with Crippen LogP contribution in [0.2, 0.25) is 0 Å². The molecule has 0 aromatic heterocycles. The number of benzene rings is 1. The Kier molecular flexibility index (Phi) is 5.43. The Balaban J connectivity index is 3.44. The summed E-state index contributed by atoms with van der Waals surface area (Å²) in [6, 6.07) is 4.31. The monoisotopic (exact) mass is 276 g/mol. The molecule has 9 heteroatoms. The molecular formula is C10H8N6O2S. The standard InChI is InChI=1S/C10H8N6O2S/c11-15-13-9(17)7-2-1-3-8(6(7)4-5-19)10(18)14-16-12/h1-3,19H,4-5H2. The average Bonchev–Trinajstić information content (AvgIpc) is 2.39. The highest BCUT2D eigenvalue weighted by Gasteiger charge is 2.16. The van der Waals surface area contributed by atoms with Crippen LogP contribution >= 0.6 is 12.6 Å². The number of hydrogen-bond donors (Lipinski definition) is 1. The molecule has 0 radical (unpaired) electrons. The van der Waals surface area contributed by atoms with Gasteiger partial charge in [0.1, 0.15) is 0 Å². The molecule has 2 amide bonds. The third kappa shape index (κ3) is 3.49. The van der Waals surface area contributed by atoms with E-state index >= 15 is 0 Å². The molecule has 0 aliphatic rings. The van der Waals surface area contributed by atoms with E-state index in [-0.39, 0.29) is 11.1 Å². The second-order valence-electron chi connectivity index (χ2n) is 3.29. The molecule has 1 aromatic rings. The average molecular weight is 276 g/mol. The number of nitrogens with zero attached hydrogens (tertiary/aromatic N) is 6. The lowest BCUT2D eigenvalue weighted by molar-refractivity contribution is 0.0999. The maximum absolute atomic E-state index is 11.6. The van der Waals surface area contributed by atoms with E-state index in [9.17, 15) is 9.59 Å². The molecule has 0 unspecified atom stereocenters. The molecular weight excluding hydrogens is 268 g/mol. The van der Waals surface area contributed by atoms with Crippen LogP contribution in [0, 0.1) is 0 Å². The number of amides is 2. The number of carbonyl (C=O) groups excluding carboxylic acids is 2. The molecule has 8 nitrogen and oxygen atoms in total. The SMILES string of the molecule is [N-]=[N+]=NC(=O)c1cccc(C(=O)N=[N+]=[N-])c1CCS. The number of thiol groups is 1. The third-order valence-electron chi connectivity index (χ3n) is 2.27. The van der Waals surface area contributed by atoms with Crippen LogP contribution in [0.15, 0.2) is 28.4 Å². The molecule has 0 heterocycles. The molecule has 0 N–H and O–H groups in total. The molecule has 96 valence electrons. The number of rotatable bonds is 4. The molecule has 19 heavy (non-hydrogen) atoms. The Labute approximate surface area is 113 Å². The Bertz CT molecular complexity index is 568. The summed E-state index contributed by atoms with van der Waals surface area (Å²) in [5.74, 6) is -1.22. The minimum atomic E-state index is -0.796. The summed E-state index contributed by atoms with van der Waals surface area (Å²) in [5, 5.41) is 5.97. The highest BCUT2D eigenvalue weighted by atomic mass is 32.1. The first-order chi connectivity index (χ1) is 9.15. The van der Waals surface area contributed by atoms with Gasteiger partial charge in [0.25, 0.3) is 0 Å². The van der Waals surface area contributed by atoms with Crippen molar-refractivity contribution in [1.29, 1.82) is 0 Å². The Hall–Kier alpha value is -2.47. The zero-order valence-corrected chi connectivity index (χ0v) is 10.5. The largest absolute Gasteiger partial charge is 0.287 e. The van der Waals surface area contributed by atoms with Gasteiger partial charge in [0.2, 0.25) is 11.8 Å². The first-order valence-electron chi connectivity index (χ1n) is 5.07. The fourth-order valence-corrected chi connectivity index (χ4v) is 1.78. The van der Waals surface area contributed by atoms with Crippen LogP contribution in [-0.2, 0) is 6.42 Å². The predicted octanol–water partition coefficient (Wildman–Crippen LogP) is 3.06. The minimum Gasteiger partial charge on any atom is -0.287 e. The highest BCUT2D eigenvalue weighted by Crippen LogP contribution is 2.19. The van der Waals surface area contributed by atoms with Gasteiger partial charge in [0, 0.05) is 21.0 Å². The summed E-state index contributed by atoms with van der Waals surface area (Å²) in [7, 11) is 0. The number of hydrogen-bond acceptors (Lipinski definition) is 3. The third-order valence-corrected chi connectivity index (χ3v) is 2.49. The summed E-state index contributed by atoms with van der Waals surface area (Å²) in [5.41, 5.74) is 17.1. The van der Waals surface area contributed by atoms with Crippen molar-refractivity contribution in [1.82, 2.24) is 0 Å². The van der Waals surface area contributed by atoms with Crippen LogP contribution in [0.25, 0.3) is 20.9 Å². The van der Waals surface area contributed by atoms with Crippen LogP contribution in [0.3, 0.4) is 0 Å². The number of carbonyl (C=O) groups is 2. The summed E-state index contributed by atoms with van der Waals surface area (Å²) in [6.45, 7) is 0. The van der Waals surface area contributed by atoms with E-state index in [2.05, 4.69) is 32.7 Å². The summed E-state index contributed by atoms with van der Waals surface area (Å²) >= 11 is 4.04. The van der Waals surface area contributed by atoms with Gasteiger partial charge in [-0.1, -0.05) is 18.2 Å². The molecule has 1 aromatic carbocycles. The van der Waals surface area contributed by atoms with Gasteiger partial charge >= 0.3 is 0 Å². The zero-order valence-electron chi connectivity index (χ0n) is 9.59. The Morgan fingerprint density at radius 1 is 1.11 bits per heavy atom. The Morgan fingerprint density at radius 2 is 1.58 bits per heavy atom. The van der Waals surface area contributed by atoms with Gasteiger partial charge in [-0.05, 0) is 39.0 Å². The lowest BCUT2D eigenvalue weighted by Crippen LogP contribution is -2.08. The van der Waals surface area contributed by atoms with E-state index in [1.54, 1.807) is 0 Å². The summed E-state index contributed by atoms with van der Waals surface area (Å²) < 4.78 is 0. The van der Waals surface area contributed by atoms with Gasteiger partial charge < -0.3 is 0 Å². The van der Waals surface area contributed by atoms with Crippen molar-refractivity contribution in [3.8, 4) is 0 Å². The van der Waals surface area contributed by atoms with Crippen LogP contribution < -0.4 is 0 Å². The van der Waals surface area contributed by atoms with Gasteiger partial charge in [0.05, 0.1) is 0 Å².